The molecule has 4 N–H and O–H groups in total. The summed E-state index contributed by atoms with van der Waals surface area (Å²) in [6.45, 7) is 2.54. The van der Waals surface area contributed by atoms with E-state index in [0.29, 0.717) is 19.4 Å². The lowest BCUT2D eigenvalue weighted by Crippen LogP contribution is -2.06. The Morgan fingerprint density at radius 1 is 1.04 bits per heavy atom. The Bertz CT molecular complexity index is 525. The maximum Gasteiger partial charge on any atom is 0.336 e. The highest BCUT2D eigenvalue weighted by molar-refractivity contribution is 6.01. The van der Waals surface area contributed by atoms with Crippen molar-refractivity contribution in [2.75, 3.05) is 6.61 Å². The fraction of sp³-hybridized carbons (Fsp3) is 0.500. The van der Waals surface area contributed by atoms with Crippen molar-refractivity contribution in [3.05, 3.63) is 35.4 Å². The minimum absolute atomic E-state index is 0.0255. The van der Waals surface area contributed by atoms with Gasteiger partial charge in [-0.2, -0.15) is 0 Å². The van der Waals surface area contributed by atoms with E-state index >= 15 is 0 Å². The molecule has 0 bridgehead atoms. The number of carboxylic acid groups (broad SMARTS) is 2. The maximum absolute atomic E-state index is 10.5. The highest BCUT2D eigenvalue weighted by atomic mass is 16.5. The molecule has 0 amide bonds. The zero-order valence-electron chi connectivity index (χ0n) is 14.8. The number of aliphatic hydroxyl groups excluding tert-OH is 1. The van der Waals surface area contributed by atoms with Gasteiger partial charge in [0.2, 0.25) is 0 Å². The highest BCUT2D eigenvalue weighted by Crippen LogP contribution is 2.08. The van der Waals surface area contributed by atoms with E-state index in [1.54, 1.807) is 0 Å². The Labute approximate surface area is 152 Å². The van der Waals surface area contributed by atoms with Crippen LogP contribution < -0.4 is 0 Å². The number of aliphatic hydroxyl groups is 2. The molecule has 2 rings (SSSR count). The lowest BCUT2D eigenvalue weighted by atomic mass is 10.1. The van der Waals surface area contributed by atoms with Crippen LogP contribution in [0.5, 0.6) is 0 Å². The molecule has 1 aromatic rings. The van der Waals surface area contributed by atoms with Gasteiger partial charge in [0.1, 0.15) is 0 Å². The Morgan fingerprint density at radius 3 is 1.96 bits per heavy atom. The number of aromatic carboxylic acids is 2. The summed E-state index contributed by atoms with van der Waals surface area (Å²) in [5.74, 6) is -2.48. The lowest BCUT2D eigenvalue weighted by Gasteiger charge is -1.98. The van der Waals surface area contributed by atoms with Gasteiger partial charge < -0.3 is 25.2 Å². The van der Waals surface area contributed by atoms with Crippen molar-refractivity contribution in [2.45, 2.75) is 51.7 Å². The number of carbonyl (C=O) groups excluding carboxylic acids is 1. The van der Waals surface area contributed by atoms with Crippen LogP contribution in [0.1, 0.15) is 66.2 Å². The first kappa shape index (κ1) is 23.5. The van der Waals surface area contributed by atoms with Crippen LogP contribution in [0.25, 0.3) is 0 Å². The third-order valence-electron chi connectivity index (χ3n) is 3.22. The molecule has 1 aliphatic heterocycles. The van der Waals surface area contributed by atoms with Gasteiger partial charge >= 0.3 is 17.9 Å². The van der Waals surface area contributed by atoms with Crippen LogP contribution in [-0.2, 0) is 9.53 Å². The molecule has 1 saturated heterocycles. The molecular formula is C18H26O8. The number of hydrogen-bond acceptors (Lipinski definition) is 6. The second-order valence-electron chi connectivity index (χ2n) is 5.46. The summed E-state index contributed by atoms with van der Waals surface area (Å²) in [5.41, 5.74) is -0.380. The largest absolute Gasteiger partial charge is 0.478 e. The van der Waals surface area contributed by atoms with E-state index in [-0.39, 0.29) is 17.1 Å². The molecule has 1 fully saturated rings. The number of hydrogen-bond donors (Lipinski definition) is 4. The average Bonchev–Trinajstić information content (AvgIpc) is 2.83. The molecule has 0 saturated carbocycles. The zero-order valence-corrected chi connectivity index (χ0v) is 14.8. The van der Waals surface area contributed by atoms with Gasteiger partial charge in [0.15, 0.2) is 6.29 Å². The smallest absolute Gasteiger partial charge is 0.336 e. The van der Waals surface area contributed by atoms with Gasteiger partial charge in [0.05, 0.1) is 17.7 Å². The summed E-state index contributed by atoms with van der Waals surface area (Å²) in [6, 6.07) is 5.48. The zero-order chi connectivity index (χ0) is 19.9. The van der Waals surface area contributed by atoms with E-state index in [0.717, 1.165) is 25.7 Å². The fourth-order valence-electron chi connectivity index (χ4n) is 1.92. The Morgan fingerprint density at radius 2 is 1.58 bits per heavy atom. The molecule has 0 atom stereocenters. The average molecular weight is 370 g/mol. The van der Waals surface area contributed by atoms with E-state index in [1.165, 1.54) is 24.3 Å². The molecule has 0 aliphatic carbocycles. The number of benzene rings is 1. The predicted molar refractivity (Wildman–Crippen MR) is 92.9 cm³/mol. The Kier molecular flexibility index (Phi) is 12.5. The quantitative estimate of drug-likeness (QED) is 0.467. The van der Waals surface area contributed by atoms with Crippen LogP contribution in [0.3, 0.4) is 0 Å². The van der Waals surface area contributed by atoms with Gasteiger partial charge in [-0.15, -0.1) is 0 Å². The van der Waals surface area contributed by atoms with Crippen LogP contribution in [0.15, 0.2) is 24.3 Å². The van der Waals surface area contributed by atoms with E-state index < -0.39 is 18.2 Å². The van der Waals surface area contributed by atoms with Gasteiger partial charge in [0, 0.05) is 6.42 Å². The molecule has 146 valence electrons. The normalized spacial score (nSPS) is 13.3. The molecular weight excluding hydrogens is 344 g/mol. The van der Waals surface area contributed by atoms with Crippen LogP contribution in [0.4, 0.5) is 0 Å². The number of carboxylic acids is 2. The van der Waals surface area contributed by atoms with Crippen molar-refractivity contribution >= 4 is 17.9 Å². The first-order valence-electron chi connectivity index (χ1n) is 8.37. The Balaban J connectivity index is 0.000000388. The first-order chi connectivity index (χ1) is 12.3. The summed E-state index contributed by atoms with van der Waals surface area (Å²) >= 11 is 0. The van der Waals surface area contributed by atoms with Crippen molar-refractivity contribution in [1.29, 1.82) is 0 Å². The molecule has 0 radical (unpaired) electrons. The van der Waals surface area contributed by atoms with E-state index in [4.69, 9.17) is 25.2 Å². The summed E-state index contributed by atoms with van der Waals surface area (Å²) in [4.78, 5) is 31.4. The third-order valence-corrected chi connectivity index (χ3v) is 3.22. The predicted octanol–water partition coefficient (Wildman–Crippen LogP) is 2.28. The van der Waals surface area contributed by atoms with Crippen LogP contribution >= 0.6 is 0 Å². The van der Waals surface area contributed by atoms with Gasteiger partial charge in [-0.1, -0.05) is 25.5 Å². The van der Waals surface area contributed by atoms with Gasteiger partial charge in [-0.25, -0.2) is 9.59 Å². The molecule has 0 aromatic heterocycles. The number of ether oxygens (including phenoxy) is 1. The number of cyclic esters (lactones) is 1. The molecule has 8 nitrogen and oxygen atoms in total. The monoisotopic (exact) mass is 370 g/mol. The minimum Gasteiger partial charge on any atom is -0.478 e. The second kappa shape index (κ2) is 13.8. The molecule has 26 heavy (non-hydrogen) atoms. The number of carbonyl (C=O) groups is 3. The van der Waals surface area contributed by atoms with Crippen molar-refractivity contribution in [3.8, 4) is 0 Å². The van der Waals surface area contributed by atoms with Crippen molar-refractivity contribution in [2.24, 2.45) is 0 Å². The van der Waals surface area contributed by atoms with Gasteiger partial charge in [-0.3, -0.25) is 4.79 Å². The van der Waals surface area contributed by atoms with Crippen molar-refractivity contribution in [1.82, 2.24) is 0 Å². The molecule has 1 aliphatic rings. The lowest BCUT2D eigenvalue weighted by molar-refractivity contribution is -0.142. The molecule has 0 unspecified atom stereocenters. The SMILES string of the molecule is CCCC(O)O.O=C(O)c1ccccc1C(=O)O.O=C1CCCCCO1. The van der Waals surface area contributed by atoms with Gasteiger partial charge in [-0.05, 0) is 37.8 Å². The summed E-state index contributed by atoms with van der Waals surface area (Å²) in [6.07, 6.45) is 4.04. The molecule has 0 spiro atoms. The Hall–Kier alpha value is -2.45. The maximum atomic E-state index is 10.5. The number of rotatable bonds is 4. The van der Waals surface area contributed by atoms with E-state index in [2.05, 4.69) is 0 Å². The summed E-state index contributed by atoms with van der Waals surface area (Å²) < 4.78 is 4.76. The van der Waals surface area contributed by atoms with Crippen LogP contribution in [-0.4, -0.2) is 51.2 Å². The minimum atomic E-state index is -1.23. The van der Waals surface area contributed by atoms with E-state index in [1.807, 2.05) is 6.92 Å². The van der Waals surface area contributed by atoms with E-state index in [9.17, 15) is 14.4 Å². The fourth-order valence-corrected chi connectivity index (χ4v) is 1.92. The summed E-state index contributed by atoms with van der Waals surface area (Å²) in [7, 11) is 0. The topological polar surface area (TPSA) is 141 Å². The molecule has 1 heterocycles. The second-order valence-corrected chi connectivity index (χ2v) is 5.46. The molecule has 1 aromatic carbocycles. The third kappa shape index (κ3) is 11.2. The van der Waals surface area contributed by atoms with Crippen LogP contribution in [0, 0.1) is 0 Å². The van der Waals surface area contributed by atoms with Crippen molar-refractivity contribution < 1.29 is 39.5 Å². The standard InChI is InChI=1S/C8H6O4.C6H10O2.C4H10O2/c9-7(10)5-3-1-2-4-6(5)8(11)12;7-6-4-2-1-3-5-8-6;1-2-3-4(5)6/h1-4H,(H,9,10)(H,11,12);1-5H2;4-6H,2-3H2,1H3. The van der Waals surface area contributed by atoms with Crippen molar-refractivity contribution in [3.63, 3.8) is 0 Å². The first-order valence-corrected chi connectivity index (χ1v) is 8.37. The van der Waals surface area contributed by atoms with Crippen LogP contribution in [0.2, 0.25) is 0 Å². The van der Waals surface area contributed by atoms with Gasteiger partial charge in [0.25, 0.3) is 0 Å². The molecule has 8 heteroatoms. The summed E-state index contributed by atoms with van der Waals surface area (Å²) in [5, 5.41) is 33.3. The highest BCUT2D eigenvalue weighted by Gasteiger charge is 2.13. The number of esters is 1.